The Labute approximate surface area is 143 Å². The number of nitriles is 1. The first kappa shape index (κ1) is 14.8. The van der Waals surface area contributed by atoms with Gasteiger partial charge in [0.15, 0.2) is 0 Å². The van der Waals surface area contributed by atoms with Gasteiger partial charge in [0, 0.05) is 16.5 Å². The van der Waals surface area contributed by atoms with Crippen molar-refractivity contribution in [3.63, 3.8) is 0 Å². The van der Waals surface area contributed by atoms with Crippen molar-refractivity contribution in [1.29, 1.82) is 5.26 Å². The maximum Gasteiger partial charge on any atom is 0.256 e. The van der Waals surface area contributed by atoms with Crippen molar-refractivity contribution in [3.8, 4) is 17.3 Å². The number of aromatic nitrogens is 4. The Morgan fingerprint density at radius 3 is 2.52 bits per heavy atom. The van der Waals surface area contributed by atoms with Gasteiger partial charge in [-0.25, -0.2) is 0 Å². The SMILES string of the molecule is N#Cc1cccc2c(=O)[nH]c(-c3ccc(Cn4nccn4)cc3)cc12. The molecule has 2 aromatic carbocycles. The predicted molar refractivity (Wildman–Crippen MR) is 93.8 cm³/mol. The Morgan fingerprint density at radius 1 is 1.04 bits per heavy atom. The van der Waals surface area contributed by atoms with E-state index in [0.29, 0.717) is 28.6 Å². The van der Waals surface area contributed by atoms with Gasteiger partial charge in [-0.1, -0.05) is 30.3 Å². The Bertz CT molecular complexity index is 1140. The first-order valence-electron chi connectivity index (χ1n) is 7.74. The van der Waals surface area contributed by atoms with Gasteiger partial charge in [0.1, 0.15) is 0 Å². The molecule has 2 aromatic heterocycles. The van der Waals surface area contributed by atoms with E-state index in [9.17, 15) is 10.1 Å². The van der Waals surface area contributed by atoms with Crippen molar-refractivity contribution in [3.05, 3.63) is 82.4 Å². The first-order chi connectivity index (χ1) is 12.2. The van der Waals surface area contributed by atoms with Gasteiger partial charge in [0.25, 0.3) is 5.56 Å². The normalized spacial score (nSPS) is 10.7. The molecule has 0 atom stereocenters. The molecule has 0 fully saturated rings. The third kappa shape index (κ3) is 2.79. The van der Waals surface area contributed by atoms with E-state index in [0.717, 1.165) is 11.1 Å². The van der Waals surface area contributed by atoms with Gasteiger partial charge in [0.05, 0.1) is 30.6 Å². The van der Waals surface area contributed by atoms with Crippen molar-refractivity contribution in [2.45, 2.75) is 6.54 Å². The summed E-state index contributed by atoms with van der Waals surface area (Å²) in [5, 5.41) is 18.6. The number of hydrogen-bond acceptors (Lipinski definition) is 4. The smallest absolute Gasteiger partial charge is 0.256 e. The van der Waals surface area contributed by atoms with Crippen LogP contribution >= 0.6 is 0 Å². The lowest BCUT2D eigenvalue weighted by molar-refractivity contribution is 0.591. The molecular formula is C19H13N5O. The topological polar surface area (TPSA) is 87.4 Å². The zero-order valence-electron chi connectivity index (χ0n) is 13.2. The van der Waals surface area contributed by atoms with Crippen LogP contribution in [0.3, 0.4) is 0 Å². The van der Waals surface area contributed by atoms with E-state index < -0.39 is 0 Å². The van der Waals surface area contributed by atoms with Gasteiger partial charge in [-0.05, 0) is 29.3 Å². The largest absolute Gasteiger partial charge is 0.321 e. The van der Waals surface area contributed by atoms with Gasteiger partial charge in [-0.2, -0.15) is 20.3 Å². The monoisotopic (exact) mass is 327 g/mol. The summed E-state index contributed by atoms with van der Waals surface area (Å²) in [6, 6.07) is 16.9. The van der Waals surface area contributed by atoms with Crippen LogP contribution in [0.1, 0.15) is 11.1 Å². The van der Waals surface area contributed by atoms with Gasteiger partial charge < -0.3 is 4.98 Å². The van der Waals surface area contributed by atoms with E-state index in [2.05, 4.69) is 21.3 Å². The summed E-state index contributed by atoms with van der Waals surface area (Å²) < 4.78 is 0. The fourth-order valence-electron chi connectivity index (χ4n) is 2.82. The highest BCUT2D eigenvalue weighted by molar-refractivity contribution is 5.89. The predicted octanol–water partition coefficient (Wildman–Crippen LogP) is 2.71. The van der Waals surface area contributed by atoms with Crippen molar-refractivity contribution >= 4 is 10.8 Å². The molecule has 2 heterocycles. The average molecular weight is 327 g/mol. The number of rotatable bonds is 3. The number of aromatic amines is 1. The van der Waals surface area contributed by atoms with Crippen LogP contribution in [-0.2, 0) is 6.54 Å². The lowest BCUT2D eigenvalue weighted by atomic mass is 10.0. The van der Waals surface area contributed by atoms with Crippen molar-refractivity contribution in [2.24, 2.45) is 0 Å². The zero-order valence-corrected chi connectivity index (χ0v) is 13.2. The van der Waals surface area contributed by atoms with Gasteiger partial charge in [0.2, 0.25) is 0 Å². The van der Waals surface area contributed by atoms with Crippen LogP contribution in [0.25, 0.3) is 22.0 Å². The first-order valence-corrected chi connectivity index (χ1v) is 7.74. The highest BCUT2D eigenvalue weighted by Gasteiger charge is 2.08. The summed E-state index contributed by atoms with van der Waals surface area (Å²) in [5.74, 6) is 0. The molecule has 0 saturated carbocycles. The lowest BCUT2D eigenvalue weighted by Crippen LogP contribution is -2.08. The molecule has 6 nitrogen and oxygen atoms in total. The summed E-state index contributed by atoms with van der Waals surface area (Å²) in [6.45, 7) is 0.583. The molecular weight excluding hydrogens is 314 g/mol. The molecule has 1 N–H and O–H groups in total. The van der Waals surface area contributed by atoms with E-state index in [1.54, 1.807) is 35.4 Å². The van der Waals surface area contributed by atoms with Crippen molar-refractivity contribution in [1.82, 2.24) is 20.0 Å². The van der Waals surface area contributed by atoms with Crippen molar-refractivity contribution in [2.75, 3.05) is 0 Å². The second-order valence-electron chi connectivity index (χ2n) is 5.65. The highest BCUT2D eigenvalue weighted by Crippen LogP contribution is 2.22. The summed E-state index contributed by atoms with van der Waals surface area (Å²) >= 11 is 0. The molecule has 0 radical (unpaired) electrons. The molecule has 0 bridgehead atoms. The molecule has 120 valence electrons. The van der Waals surface area contributed by atoms with E-state index in [-0.39, 0.29) is 5.56 Å². The minimum Gasteiger partial charge on any atom is -0.321 e. The Morgan fingerprint density at radius 2 is 1.80 bits per heavy atom. The number of fused-ring (bicyclic) bond motifs is 1. The summed E-state index contributed by atoms with van der Waals surface area (Å²) in [6.07, 6.45) is 3.28. The summed E-state index contributed by atoms with van der Waals surface area (Å²) in [4.78, 5) is 16.8. The Kier molecular flexibility index (Phi) is 3.60. The molecule has 25 heavy (non-hydrogen) atoms. The molecule has 0 aliphatic carbocycles. The van der Waals surface area contributed by atoms with Crippen LogP contribution < -0.4 is 5.56 Å². The van der Waals surface area contributed by atoms with Crippen molar-refractivity contribution < 1.29 is 0 Å². The number of nitrogens with zero attached hydrogens (tertiary/aromatic N) is 4. The lowest BCUT2D eigenvalue weighted by Gasteiger charge is -2.07. The molecule has 0 saturated heterocycles. The molecule has 0 aliphatic heterocycles. The second-order valence-corrected chi connectivity index (χ2v) is 5.65. The average Bonchev–Trinajstić information content (AvgIpc) is 3.15. The quantitative estimate of drug-likeness (QED) is 0.627. The van der Waals surface area contributed by atoms with Crippen LogP contribution in [0.2, 0.25) is 0 Å². The molecule has 6 heteroatoms. The third-order valence-electron chi connectivity index (χ3n) is 4.06. The van der Waals surface area contributed by atoms with E-state index in [1.807, 2.05) is 30.3 Å². The Balaban J connectivity index is 1.74. The van der Waals surface area contributed by atoms with Crippen LogP contribution in [0, 0.1) is 11.3 Å². The van der Waals surface area contributed by atoms with Crippen LogP contribution in [0.15, 0.2) is 65.7 Å². The number of H-pyrrole nitrogens is 1. The molecule has 0 unspecified atom stereocenters. The standard InChI is InChI=1S/C19H13N5O/c20-11-15-2-1-3-16-17(15)10-18(23-19(16)25)14-6-4-13(5-7-14)12-24-21-8-9-22-24/h1-10H,12H2,(H,23,25). The minimum absolute atomic E-state index is 0.200. The maximum absolute atomic E-state index is 12.3. The number of nitrogens with one attached hydrogen (secondary N) is 1. The van der Waals surface area contributed by atoms with E-state index in [4.69, 9.17) is 0 Å². The van der Waals surface area contributed by atoms with E-state index in [1.165, 1.54) is 0 Å². The fraction of sp³-hybridized carbons (Fsp3) is 0.0526. The molecule has 4 rings (SSSR count). The third-order valence-corrected chi connectivity index (χ3v) is 4.06. The van der Waals surface area contributed by atoms with Crippen LogP contribution in [-0.4, -0.2) is 20.0 Å². The van der Waals surface area contributed by atoms with Gasteiger partial charge >= 0.3 is 0 Å². The summed E-state index contributed by atoms with van der Waals surface area (Å²) in [5.41, 5.74) is 2.91. The maximum atomic E-state index is 12.3. The minimum atomic E-state index is -0.200. The van der Waals surface area contributed by atoms with Crippen LogP contribution in [0.5, 0.6) is 0 Å². The number of pyridine rings is 1. The Hall–Kier alpha value is -3.72. The molecule has 0 aliphatic rings. The molecule has 4 aromatic rings. The van der Waals surface area contributed by atoms with Gasteiger partial charge in [-0.3, -0.25) is 4.79 Å². The summed E-state index contributed by atoms with van der Waals surface area (Å²) in [7, 11) is 0. The molecule has 0 spiro atoms. The number of benzene rings is 2. The van der Waals surface area contributed by atoms with E-state index >= 15 is 0 Å². The zero-order chi connectivity index (χ0) is 17.2. The second kappa shape index (κ2) is 6.06. The van der Waals surface area contributed by atoms with Gasteiger partial charge in [-0.15, -0.1) is 0 Å². The fourth-order valence-corrected chi connectivity index (χ4v) is 2.82. The molecule has 0 amide bonds. The highest BCUT2D eigenvalue weighted by atomic mass is 16.1. The number of hydrogen-bond donors (Lipinski definition) is 1. The van der Waals surface area contributed by atoms with Crippen LogP contribution in [0.4, 0.5) is 0 Å².